The van der Waals surface area contributed by atoms with E-state index in [1.54, 1.807) is 6.20 Å². The predicted octanol–water partition coefficient (Wildman–Crippen LogP) is 12.3. The smallest absolute Gasteiger partial charge is 0.150 e. The molecule has 4 aromatic heterocycles. The van der Waals surface area contributed by atoms with Crippen molar-refractivity contribution >= 4 is 66.3 Å². The molecule has 10 aromatic rings. The predicted molar refractivity (Wildman–Crippen MR) is 219 cm³/mol. The van der Waals surface area contributed by atoms with Crippen molar-refractivity contribution in [3.05, 3.63) is 186 Å². The van der Waals surface area contributed by atoms with Crippen molar-refractivity contribution in [1.82, 2.24) is 18.9 Å². The molecular weight excluding hydrogens is 666 g/mol. The Kier molecular flexibility index (Phi) is 6.48. The molecule has 0 N–H and O–H groups in total. The molecule has 0 saturated heterocycles. The highest BCUT2D eigenvalue weighted by Gasteiger charge is 2.39. The van der Waals surface area contributed by atoms with E-state index < -0.39 is 6.17 Å². The second-order valence-electron chi connectivity index (χ2n) is 14.8. The van der Waals surface area contributed by atoms with Crippen LogP contribution in [0, 0.1) is 0 Å². The second kappa shape index (κ2) is 11.4. The lowest BCUT2D eigenvalue weighted by molar-refractivity contribution is 0.402. The summed E-state index contributed by atoms with van der Waals surface area (Å²) in [5, 5.41) is 5.24. The molecular formula is C48H34FN5. The third-order valence-electron chi connectivity index (χ3n) is 11.5. The van der Waals surface area contributed by atoms with Crippen LogP contribution in [0.3, 0.4) is 0 Å². The van der Waals surface area contributed by atoms with Gasteiger partial charge in [-0.3, -0.25) is 8.97 Å². The van der Waals surface area contributed by atoms with Gasteiger partial charge in [-0.15, -0.1) is 0 Å². The first-order chi connectivity index (χ1) is 26.5. The second-order valence-corrected chi connectivity index (χ2v) is 14.8. The first-order valence-corrected chi connectivity index (χ1v) is 18.4. The summed E-state index contributed by atoms with van der Waals surface area (Å²) in [5.41, 5.74) is 11.3. The Balaban J connectivity index is 1.14. The lowest BCUT2D eigenvalue weighted by Gasteiger charge is -2.42. The number of aromatic nitrogens is 4. The average molecular weight is 700 g/mol. The molecule has 5 heterocycles. The van der Waals surface area contributed by atoms with Crippen LogP contribution < -0.4 is 4.90 Å². The molecule has 6 heteroatoms. The number of rotatable bonds is 4. The van der Waals surface area contributed by atoms with Crippen LogP contribution in [0.15, 0.2) is 164 Å². The normalized spacial score (nSPS) is 14.2. The molecule has 54 heavy (non-hydrogen) atoms. The summed E-state index contributed by atoms with van der Waals surface area (Å²) in [5.74, 6) is 0. The van der Waals surface area contributed by atoms with Gasteiger partial charge < -0.3 is 4.90 Å². The van der Waals surface area contributed by atoms with Gasteiger partial charge in [0.15, 0.2) is 6.17 Å². The summed E-state index contributed by atoms with van der Waals surface area (Å²) in [6, 6.07) is 50.1. The SMILES string of the molecule is CC1(C)c2ccccc2N(c2ccccc2)c2c1ccc1c3cccnc3n(-c3cccc(C(F)c4ccc5c6ccccc6n6ccnc6c5c4)c3)c21. The van der Waals surface area contributed by atoms with Gasteiger partial charge in [-0.2, -0.15) is 0 Å². The number of alkyl halides is 1. The Hall–Kier alpha value is -6.79. The number of nitrogens with zero attached hydrogens (tertiary/aromatic N) is 5. The van der Waals surface area contributed by atoms with E-state index in [1.165, 1.54) is 11.1 Å². The molecule has 5 nitrogen and oxygen atoms in total. The number of para-hydroxylation sites is 3. The zero-order chi connectivity index (χ0) is 36.1. The minimum absolute atomic E-state index is 0.284. The topological polar surface area (TPSA) is 38.4 Å². The standard InChI is InChI=1S/C48H34FN5/c1-48(2)39-18-7-9-20-42(39)53(32-13-4-3-5-14-32)45-40(48)24-23-36-37-17-11-25-50-47(37)54(44(36)45)33-15-10-12-30(28-33)43(49)31-21-22-34-35-16-6-8-19-41(35)52-27-26-51-46(52)38(34)29-31/h3-29,43H,1-2H3. The fourth-order valence-electron chi connectivity index (χ4n) is 8.97. The minimum atomic E-state index is -1.36. The molecule has 1 atom stereocenters. The van der Waals surface area contributed by atoms with Crippen LogP contribution in [0.25, 0.3) is 54.9 Å². The van der Waals surface area contributed by atoms with Crippen molar-refractivity contribution in [2.45, 2.75) is 25.4 Å². The zero-order valence-corrected chi connectivity index (χ0v) is 29.8. The maximum absolute atomic E-state index is 17.0. The van der Waals surface area contributed by atoms with Gasteiger partial charge in [-0.1, -0.05) is 105 Å². The van der Waals surface area contributed by atoms with Crippen LogP contribution in [-0.2, 0) is 5.41 Å². The highest BCUT2D eigenvalue weighted by atomic mass is 19.1. The Morgan fingerprint density at radius 1 is 0.556 bits per heavy atom. The summed E-state index contributed by atoms with van der Waals surface area (Å²) in [6.45, 7) is 4.62. The third kappa shape index (κ3) is 4.25. The van der Waals surface area contributed by atoms with Crippen LogP contribution in [0.4, 0.5) is 21.5 Å². The van der Waals surface area contributed by atoms with E-state index in [2.05, 4.69) is 124 Å². The highest BCUT2D eigenvalue weighted by Crippen LogP contribution is 2.55. The third-order valence-corrected chi connectivity index (χ3v) is 11.5. The summed E-state index contributed by atoms with van der Waals surface area (Å²) < 4.78 is 21.4. The summed E-state index contributed by atoms with van der Waals surface area (Å²) in [4.78, 5) is 12.1. The van der Waals surface area contributed by atoms with Crippen LogP contribution in [0.5, 0.6) is 0 Å². The molecule has 6 aromatic carbocycles. The molecule has 0 saturated carbocycles. The van der Waals surface area contributed by atoms with Gasteiger partial charge in [0.1, 0.15) is 11.3 Å². The Morgan fingerprint density at radius 2 is 1.30 bits per heavy atom. The lowest BCUT2D eigenvalue weighted by atomic mass is 9.73. The van der Waals surface area contributed by atoms with Gasteiger partial charge in [-0.25, -0.2) is 14.4 Å². The number of imidazole rings is 1. The number of hydrogen-bond donors (Lipinski definition) is 0. The van der Waals surface area contributed by atoms with Crippen LogP contribution >= 0.6 is 0 Å². The van der Waals surface area contributed by atoms with E-state index in [0.717, 1.165) is 72.0 Å². The monoisotopic (exact) mass is 699 g/mol. The van der Waals surface area contributed by atoms with E-state index in [-0.39, 0.29) is 5.41 Å². The maximum Gasteiger partial charge on any atom is 0.150 e. The van der Waals surface area contributed by atoms with Gasteiger partial charge in [0.25, 0.3) is 0 Å². The minimum Gasteiger partial charge on any atom is -0.308 e. The van der Waals surface area contributed by atoms with E-state index in [4.69, 9.17) is 4.98 Å². The first-order valence-electron chi connectivity index (χ1n) is 18.4. The van der Waals surface area contributed by atoms with Gasteiger partial charge in [0.05, 0.1) is 22.4 Å². The Labute approximate surface area is 311 Å². The molecule has 258 valence electrons. The van der Waals surface area contributed by atoms with Gasteiger partial charge >= 0.3 is 0 Å². The average Bonchev–Trinajstić information content (AvgIpc) is 3.85. The quantitative estimate of drug-likeness (QED) is 0.172. The number of anilines is 3. The number of benzene rings is 6. The van der Waals surface area contributed by atoms with Crippen LogP contribution in [0.2, 0.25) is 0 Å². The van der Waals surface area contributed by atoms with E-state index in [9.17, 15) is 0 Å². The lowest BCUT2D eigenvalue weighted by Crippen LogP contribution is -2.31. The molecule has 0 fully saturated rings. The molecule has 1 aliphatic rings. The van der Waals surface area contributed by atoms with Crippen molar-refractivity contribution in [3.8, 4) is 5.69 Å². The fraction of sp³-hybridized carbons (Fsp3) is 0.0833. The summed E-state index contributed by atoms with van der Waals surface area (Å²) in [7, 11) is 0. The summed E-state index contributed by atoms with van der Waals surface area (Å²) in [6.07, 6.45) is 4.26. The van der Waals surface area contributed by atoms with Gasteiger partial charge in [-0.05, 0) is 82.2 Å². The Morgan fingerprint density at radius 3 is 2.20 bits per heavy atom. The molecule has 0 aliphatic carbocycles. The van der Waals surface area contributed by atoms with Gasteiger partial charge in [0.2, 0.25) is 0 Å². The van der Waals surface area contributed by atoms with E-state index in [1.807, 2.05) is 67.0 Å². The van der Waals surface area contributed by atoms with Crippen molar-refractivity contribution in [2.24, 2.45) is 0 Å². The number of halogens is 1. The molecule has 11 rings (SSSR count). The molecule has 1 unspecified atom stereocenters. The van der Waals surface area contributed by atoms with Crippen LogP contribution in [-0.4, -0.2) is 18.9 Å². The van der Waals surface area contributed by atoms with Crippen molar-refractivity contribution in [1.29, 1.82) is 0 Å². The molecule has 0 amide bonds. The molecule has 0 spiro atoms. The van der Waals surface area contributed by atoms with Crippen molar-refractivity contribution < 1.29 is 4.39 Å². The zero-order valence-electron chi connectivity index (χ0n) is 29.8. The van der Waals surface area contributed by atoms with Crippen molar-refractivity contribution in [3.63, 3.8) is 0 Å². The van der Waals surface area contributed by atoms with Crippen molar-refractivity contribution in [2.75, 3.05) is 4.90 Å². The van der Waals surface area contributed by atoms with E-state index in [0.29, 0.717) is 11.1 Å². The largest absolute Gasteiger partial charge is 0.308 e. The first kappa shape index (κ1) is 30.8. The van der Waals surface area contributed by atoms with Gasteiger partial charge in [0, 0.05) is 56.9 Å². The maximum atomic E-state index is 17.0. The Bertz CT molecular complexity index is 3120. The number of hydrogen-bond acceptors (Lipinski definition) is 3. The van der Waals surface area contributed by atoms with Crippen LogP contribution in [0.1, 0.15) is 42.3 Å². The number of pyridine rings is 2. The number of fused-ring (bicyclic) bond motifs is 12. The molecule has 1 aliphatic heterocycles. The fourth-order valence-corrected chi connectivity index (χ4v) is 8.97. The summed E-state index contributed by atoms with van der Waals surface area (Å²) >= 11 is 0. The molecule has 0 bridgehead atoms. The molecule has 0 radical (unpaired) electrons. The highest BCUT2D eigenvalue weighted by molar-refractivity contribution is 6.15. The van der Waals surface area contributed by atoms with E-state index >= 15 is 4.39 Å².